The highest BCUT2D eigenvalue weighted by Gasteiger charge is 2.41. The summed E-state index contributed by atoms with van der Waals surface area (Å²) >= 11 is 0. The summed E-state index contributed by atoms with van der Waals surface area (Å²) in [6.45, 7) is 4.11. The van der Waals surface area contributed by atoms with Crippen LogP contribution in [0.3, 0.4) is 0 Å². The number of carboxylic acids is 2. The van der Waals surface area contributed by atoms with Crippen LogP contribution >= 0.6 is 0 Å². The predicted octanol–water partition coefficient (Wildman–Crippen LogP) is 3.11. The summed E-state index contributed by atoms with van der Waals surface area (Å²) in [7, 11) is 2.04. The minimum atomic E-state index is -1.82. The quantitative estimate of drug-likeness (QED) is 0.602. The zero-order valence-electron chi connectivity index (χ0n) is 17.2. The third-order valence-corrected chi connectivity index (χ3v) is 6.18. The Morgan fingerprint density at radius 2 is 1.86 bits per heavy atom. The summed E-state index contributed by atoms with van der Waals surface area (Å²) in [5.41, 5.74) is 2.53. The van der Waals surface area contributed by atoms with Crippen LogP contribution in [0.4, 0.5) is 5.69 Å². The molecule has 0 radical (unpaired) electrons. The number of nitriles is 1. The van der Waals surface area contributed by atoms with Gasteiger partial charge in [0.05, 0.1) is 12.5 Å². The largest absolute Gasteiger partial charge is 0.473 e. The normalized spacial score (nSPS) is 22.9. The van der Waals surface area contributed by atoms with Gasteiger partial charge in [-0.05, 0) is 61.6 Å². The SMILES string of the molecule is CC(NCc1ccc(N(C)CCC#N)cc1)C1CC2CCC1C2.O=C(O)C(=O)O. The highest BCUT2D eigenvalue weighted by atomic mass is 16.4. The first-order chi connectivity index (χ1) is 13.8. The summed E-state index contributed by atoms with van der Waals surface area (Å²) in [5.74, 6) is -0.744. The number of hydrogen-bond acceptors (Lipinski definition) is 5. The van der Waals surface area contributed by atoms with Crippen molar-refractivity contribution >= 4 is 17.6 Å². The van der Waals surface area contributed by atoms with Crippen molar-refractivity contribution in [2.75, 3.05) is 18.5 Å². The van der Waals surface area contributed by atoms with E-state index >= 15 is 0 Å². The fourth-order valence-electron chi connectivity index (χ4n) is 4.55. The molecule has 29 heavy (non-hydrogen) atoms. The monoisotopic (exact) mass is 401 g/mol. The van der Waals surface area contributed by atoms with Crippen LogP contribution in [0.15, 0.2) is 24.3 Å². The number of carbonyl (C=O) groups is 2. The molecule has 2 bridgehead atoms. The summed E-state index contributed by atoms with van der Waals surface area (Å²) in [6, 6.07) is 11.6. The number of nitrogens with one attached hydrogen (secondary N) is 1. The van der Waals surface area contributed by atoms with Crippen molar-refractivity contribution in [2.24, 2.45) is 17.8 Å². The zero-order valence-corrected chi connectivity index (χ0v) is 17.2. The Hall–Kier alpha value is -2.59. The van der Waals surface area contributed by atoms with E-state index in [0.29, 0.717) is 12.5 Å². The van der Waals surface area contributed by atoms with Crippen molar-refractivity contribution in [1.29, 1.82) is 5.26 Å². The lowest BCUT2D eigenvalue weighted by Gasteiger charge is -2.28. The van der Waals surface area contributed by atoms with Gasteiger partial charge in [-0.2, -0.15) is 5.26 Å². The van der Waals surface area contributed by atoms with Gasteiger partial charge in [0.2, 0.25) is 0 Å². The van der Waals surface area contributed by atoms with Crippen LogP contribution in [-0.2, 0) is 16.1 Å². The number of benzene rings is 1. The topological polar surface area (TPSA) is 114 Å². The molecule has 1 aromatic carbocycles. The predicted molar refractivity (Wildman–Crippen MR) is 110 cm³/mol. The van der Waals surface area contributed by atoms with E-state index in [1.807, 2.05) is 7.05 Å². The van der Waals surface area contributed by atoms with E-state index in [-0.39, 0.29) is 0 Å². The van der Waals surface area contributed by atoms with Crippen LogP contribution < -0.4 is 10.2 Å². The zero-order chi connectivity index (χ0) is 21.4. The van der Waals surface area contributed by atoms with E-state index < -0.39 is 11.9 Å². The highest BCUT2D eigenvalue weighted by molar-refractivity contribution is 6.27. The first-order valence-corrected chi connectivity index (χ1v) is 10.2. The van der Waals surface area contributed by atoms with Gasteiger partial charge in [0.15, 0.2) is 0 Å². The summed E-state index contributed by atoms with van der Waals surface area (Å²) in [6.07, 6.45) is 6.45. The van der Waals surface area contributed by atoms with Crippen molar-refractivity contribution in [3.8, 4) is 6.07 Å². The van der Waals surface area contributed by atoms with Crippen molar-refractivity contribution in [2.45, 2.75) is 51.6 Å². The smallest absolute Gasteiger partial charge is 0.414 e. The Kier molecular flexibility index (Phi) is 8.47. The summed E-state index contributed by atoms with van der Waals surface area (Å²) in [5, 5.41) is 27.2. The molecule has 4 unspecified atom stereocenters. The van der Waals surface area contributed by atoms with Crippen molar-refractivity contribution in [3.05, 3.63) is 29.8 Å². The molecule has 158 valence electrons. The molecule has 0 aromatic heterocycles. The van der Waals surface area contributed by atoms with Gasteiger partial charge in [0.25, 0.3) is 0 Å². The van der Waals surface area contributed by atoms with Gasteiger partial charge in [0.1, 0.15) is 0 Å². The van der Waals surface area contributed by atoms with Gasteiger partial charge in [-0.25, -0.2) is 9.59 Å². The van der Waals surface area contributed by atoms with E-state index in [1.54, 1.807) is 0 Å². The van der Waals surface area contributed by atoms with Gasteiger partial charge >= 0.3 is 11.9 Å². The van der Waals surface area contributed by atoms with Crippen LogP contribution in [0.25, 0.3) is 0 Å². The molecule has 2 aliphatic rings. The Bertz CT molecular complexity index is 717. The van der Waals surface area contributed by atoms with Crippen molar-refractivity contribution < 1.29 is 19.8 Å². The Balaban J connectivity index is 0.000000438. The lowest BCUT2D eigenvalue weighted by molar-refractivity contribution is -0.159. The number of hydrogen-bond donors (Lipinski definition) is 3. The molecular weight excluding hydrogens is 370 g/mol. The molecule has 0 spiro atoms. The first-order valence-electron chi connectivity index (χ1n) is 10.2. The maximum atomic E-state index is 9.10. The van der Waals surface area contributed by atoms with Gasteiger partial charge in [0, 0.05) is 31.9 Å². The molecule has 0 aliphatic heterocycles. The first kappa shape index (κ1) is 22.7. The Morgan fingerprint density at radius 1 is 1.21 bits per heavy atom. The minimum absolute atomic E-state index is 0.570. The van der Waals surface area contributed by atoms with Crippen LogP contribution in [-0.4, -0.2) is 41.8 Å². The van der Waals surface area contributed by atoms with E-state index in [9.17, 15) is 0 Å². The molecule has 7 nitrogen and oxygen atoms in total. The van der Waals surface area contributed by atoms with Crippen LogP contribution in [0.1, 0.15) is 44.6 Å². The van der Waals surface area contributed by atoms with Crippen molar-refractivity contribution in [3.63, 3.8) is 0 Å². The second-order valence-corrected chi connectivity index (χ2v) is 8.11. The van der Waals surface area contributed by atoms with Gasteiger partial charge in [-0.1, -0.05) is 18.6 Å². The molecule has 1 aromatic rings. The number of carboxylic acid groups (broad SMARTS) is 2. The summed E-state index contributed by atoms with van der Waals surface area (Å²) < 4.78 is 0. The van der Waals surface area contributed by atoms with Crippen molar-refractivity contribution in [1.82, 2.24) is 5.32 Å². The second kappa shape index (κ2) is 10.8. The Labute approximate surface area is 172 Å². The minimum Gasteiger partial charge on any atom is -0.473 e. The van der Waals surface area contributed by atoms with Crippen LogP contribution in [0.5, 0.6) is 0 Å². The maximum Gasteiger partial charge on any atom is 0.414 e. The van der Waals surface area contributed by atoms with Gasteiger partial charge in [-0.3, -0.25) is 0 Å². The van der Waals surface area contributed by atoms with Gasteiger partial charge < -0.3 is 20.4 Å². The molecule has 7 heteroatoms. The molecule has 3 rings (SSSR count). The fraction of sp³-hybridized carbons (Fsp3) is 0.591. The summed E-state index contributed by atoms with van der Waals surface area (Å²) in [4.78, 5) is 20.3. The highest BCUT2D eigenvalue weighted by Crippen LogP contribution is 2.49. The molecule has 3 N–H and O–H groups in total. The average Bonchev–Trinajstić information content (AvgIpc) is 3.34. The Morgan fingerprint density at radius 3 is 2.34 bits per heavy atom. The molecule has 0 saturated heterocycles. The lowest BCUT2D eigenvalue weighted by atomic mass is 9.84. The van der Waals surface area contributed by atoms with E-state index in [0.717, 1.165) is 30.8 Å². The number of anilines is 1. The fourth-order valence-corrected chi connectivity index (χ4v) is 4.55. The average molecular weight is 402 g/mol. The lowest BCUT2D eigenvalue weighted by Crippen LogP contribution is -2.35. The molecule has 0 amide bonds. The molecule has 0 heterocycles. The number of nitrogens with zero attached hydrogens (tertiary/aromatic N) is 2. The molecule has 2 aliphatic carbocycles. The molecule has 4 atom stereocenters. The third kappa shape index (κ3) is 6.75. The van der Waals surface area contributed by atoms with Crippen LogP contribution in [0, 0.1) is 29.1 Å². The van der Waals surface area contributed by atoms with Gasteiger partial charge in [-0.15, -0.1) is 0 Å². The van der Waals surface area contributed by atoms with Crippen LogP contribution in [0.2, 0.25) is 0 Å². The number of fused-ring (bicyclic) bond motifs is 2. The molecule has 2 fully saturated rings. The standard InChI is InChI=1S/C20H29N3.C2H2O4/c1-15(20-13-17-4-7-18(20)12-17)22-14-16-5-8-19(9-6-16)23(2)11-3-10-21;3-1(4)2(5)6/h5-6,8-9,15,17-18,20,22H,3-4,7,11-14H2,1-2H3;(H,3,4)(H,5,6). The van der Waals surface area contributed by atoms with E-state index in [1.165, 1.54) is 36.9 Å². The van der Waals surface area contributed by atoms with E-state index in [4.69, 9.17) is 25.1 Å². The maximum absolute atomic E-state index is 9.10. The number of aliphatic carboxylic acids is 2. The number of rotatable bonds is 7. The third-order valence-electron chi connectivity index (χ3n) is 6.18. The molecular formula is C22H31N3O4. The van der Waals surface area contributed by atoms with E-state index in [2.05, 4.69) is 47.5 Å². The second-order valence-electron chi connectivity index (χ2n) is 8.11. The molecule has 2 saturated carbocycles.